The van der Waals surface area contributed by atoms with Crippen LogP contribution in [0.5, 0.6) is 0 Å². The Morgan fingerprint density at radius 1 is 1.33 bits per heavy atom. The molecule has 1 saturated carbocycles. The third-order valence-electron chi connectivity index (χ3n) is 3.89. The number of aliphatic carboxylic acids is 1. The van der Waals surface area contributed by atoms with Crippen molar-refractivity contribution in [2.45, 2.75) is 32.1 Å². The number of rotatable bonds is 5. The fraction of sp³-hybridized carbons (Fsp3) is 0.500. The number of amides is 2. The van der Waals surface area contributed by atoms with Crippen molar-refractivity contribution in [1.29, 1.82) is 0 Å². The van der Waals surface area contributed by atoms with Crippen LogP contribution in [0, 0.1) is 5.92 Å². The van der Waals surface area contributed by atoms with E-state index in [0.29, 0.717) is 17.2 Å². The van der Waals surface area contributed by atoms with E-state index < -0.39 is 5.97 Å². The minimum atomic E-state index is -0.878. The fourth-order valence-corrected chi connectivity index (χ4v) is 2.82. The van der Waals surface area contributed by atoms with Gasteiger partial charge in [-0.05, 0) is 36.5 Å². The number of anilines is 1. The minimum absolute atomic E-state index is 0.0401. The maximum Gasteiger partial charge on any atom is 0.321 e. The molecule has 0 unspecified atom stereocenters. The summed E-state index contributed by atoms with van der Waals surface area (Å²) in [6.45, 7) is 0.778. The Morgan fingerprint density at radius 2 is 2.05 bits per heavy atom. The molecule has 1 fully saturated rings. The molecule has 0 atom stereocenters. The summed E-state index contributed by atoms with van der Waals surface area (Å²) in [6, 6.07) is 6.83. The van der Waals surface area contributed by atoms with Crippen LogP contribution in [0.2, 0.25) is 0 Å². The van der Waals surface area contributed by atoms with Gasteiger partial charge in [0.15, 0.2) is 0 Å². The van der Waals surface area contributed by atoms with Gasteiger partial charge in [0, 0.05) is 19.3 Å². The Morgan fingerprint density at radius 3 is 2.71 bits per heavy atom. The highest BCUT2D eigenvalue weighted by molar-refractivity contribution is 5.89. The highest BCUT2D eigenvalue weighted by Gasteiger charge is 2.19. The molecule has 0 radical (unpaired) electrons. The third kappa shape index (κ3) is 4.77. The molecule has 5 heteroatoms. The van der Waals surface area contributed by atoms with Gasteiger partial charge in [0.05, 0.1) is 6.42 Å². The maximum absolute atomic E-state index is 12.1. The standard InChI is InChI=1S/C16H22N2O3/c1-18(11-12-5-2-3-6-12)16(21)17-14-8-4-7-13(9-14)10-15(19)20/h4,7-9,12H,2-3,5-6,10-11H2,1H3,(H,17,21)(H,19,20). The molecule has 2 N–H and O–H groups in total. The molecule has 2 amide bonds. The molecule has 0 aromatic heterocycles. The van der Waals surface area contributed by atoms with Gasteiger partial charge >= 0.3 is 12.0 Å². The predicted octanol–water partition coefficient (Wildman–Crippen LogP) is 2.97. The van der Waals surface area contributed by atoms with Gasteiger partial charge in [-0.2, -0.15) is 0 Å². The third-order valence-corrected chi connectivity index (χ3v) is 3.89. The van der Waals surface area contributed by atoms with Crippen molar-refractivity contribution in [1.82, 2.24) is 4.90 Å². The SMILES string of the molecule is CN(CC1CCCC1)C(=O)Nc1cccc(CC(=O)O)c1. The first-order valence-corrected chi connectivity index (χ1v) is 7.37. The average Bonchev–Trinajstić information content (AvgIpc) is 2.91. The van der Waals surface area contributed by atoms with E-state index in [-0.39, 0.29) is 12.5 Å². The second kappa shape index (κ2) is 7.11. The van der Waals surface area contributed by atoms with Gasteiger partial charge in [-0.3, -0.25) is 4.79 Å². The zero-order valence-corrected chi connectivity index (χ0v) is 12.3. The number of benzene rings is 1. The smallest absolute Gasteiger partial charge is 0.321 e. The molecular formula is C16H22N2O3. The lowest BCUT2D eigenvalue weighted by Crippen LogP contribution is -2.34. The molecule has 0 saturated heterocycles. The van der Waals surface area contributed by atoms with Crippen LogP contribution in [0.1, 0.15) is 31.2 Å². The van der Waals surface area contributed by atoms with Crippen LogP contribution < -0.4 is 5.32 Å². The van der Waals surface area contributed by atoms with Crippen molar-refractivity contribution >= 4 is 17.7 Å². The van der Waals surface area contributed by atoms with Crippen molar-refractivity contribution in [2.24, 2.45) is 5.92 Å². The Bertz CT molecular complexity index is 510. The van der Waals surface area contributed by atoms with Crippen LogP contribution >= 0.6 is 0 Å². The molecule has 2 rings (SSSR count). The molecule has 0 bridgehead atoms. The molecule has 1 aliphatic rings. The largest absolute Gasteiger partial charge is 0.481 e. The summed E-state index contributed by atoms with van der Waals surface area (Å²) >= 11 is 0. The van der Waals surface area contributed by atoms with E-state index in [9.17, 15) is 9.59 Å². The lowest BCUT2D eigenvalue weighted by atomic mass is 10.1. The van der Waals surface area contributed by atoms with Crippen LogP contribution in [0.25, 0.3) is 0 Å². The van der Waals surface area contributed by atoms with Gasteiger partial charge in [0.2, 0.25) is 0 Å². The highest BCUT2D eigenvalue weighted by atomic mass is 16.4. The molecule has 1 aromatic carbocycles. The van der Waals surface area contributed by atoms with Gasteiger partial charge in [-0.1, -0.05) is 25.0 Å². The van der Waals surface area contributed by atoms with E-state index in [4.69, 9.17) is 5.11 Å². The number of nitrogens with zero attached hydrogens (tertiary/aromatic N) is 1. The molecule has 21 heavy (non-hydrogen) atoms. The zero-order chi connectivity index (χ0) is 15.2. The number of urea groups is 1. The van der Waals surface area contributed by atoms with Crippen molar-refractivity contribution in [3.63, 3.8) is 0 Å². The van der Waals surface area contributed by atoms with Crippen molar-refractivity contribution < 1.29 is 14.7 Å². The summed E-state index contributed by atoms with van der Waals surface area (Å²) in [5, 5.41) is 11.6. The lowest BCUT2D eigenvalue weighted by Gasteiger charge is -2.21. The van der Waals surface area contributed by atoms with E-state index in [1.165, 1.54) is 25.7 Å². The Balaban J connectivity index is 1.90. The Kier molecular flexibility index (Phi) is 5.20. The normalized spacial score (nSPS) is 14.9. The summed E-state index contributed by atoms with van der Waals surface area (Å²) < 4.78 is 0. The first kappa shape index (κ1) is 15.4. The van der Waals surface area contributed by atoms with Gasteiger partial charge in [0.25, 0.3) is 0 Å². The lowest BCUT2D eigenvalue weighted by molar-refractivity contribution is -0.136. The number of carbonyl (C=O) groups is 2. The Labute approximate surface area is 125 Å². The monoisotopic (exact) mass is 290 g/mol. The van der Waals surface area contributed by atoms with Gasteiger partial charge in [-0.25, -0.2) is 4.79 Å². The summed E-state index contributed by atoms with van der Waals surface area (Å²) in [5.41, 5.74) is 1.32. The van der Waals surface area contributed by atoms with E-state index in [1.54, 1.807) is 36.2 Å². The number of hydrogen-bond donors (Lipinski definition) is 2. The number of nitrogens with one attached hydrogen (secondary N) is 1. The second-order valence-corrected chi connectivity index (χ2v) is 5.73. The average molecular weight is 290 g/mol. The number of carboxylic acid groups (broad SMARTS) is 1. The topological polar surface area (TPSA) is 69.6 Å². The molecule has 1 aromatic rings. The maximum atomic E-state index is 12.1. The van der Waals surface area contributed by atoms with Crippen LogP contribution in [0.15, 0.2) is 24.3 Å². The minimum Gasteiger partial charge on any atom is -0.481 e. The molecular weight excluding hydrogens is 268 g/mol. The molecule has 0 spiro atoms. The van der Waals surface area contributed by atoms with Crippen molar-refractivity contribution in [3.05, 3.63) is 29.8 Å². The van der Waals surface area contributed by atoms with Crippen molar-refractivity contribution in [2.75, 3.05) is 18.9 Å². The number of hydrogen-bond acceptors (Lipinski definition) is 2. The van der Waals surface area contributed by atoms with E-state index >= 15 is 0 Å². The molecule has 1 aliphatic carbocycles. The van der Waals surface area contributed by atoms with Crippen LogP contribution in [-0.2, 0) is 11.2 Å². The van der Waals surface area contributed by atoms with E-state index in [0.717, 1.165) is 6.54 Å². The first-order valence-electron chi connectivity index (χ1n) is 7.37. The Hall–Kier alpha value is -2.04. The predicted molar refractivity (Wildman–Crippen MR) is 81.4 cm³/mol. The summed E-state index contributed by atoms with van der Waals surface area (Å²) in [7, 11) is 1.80. The first-order chi connectivity index (χ1) is 10.0. The molecule has 114 valence electrons. The fourth-order valence-electron chi connectivity index (χ4n) is 2.82. The van der Waals surface area contributed by atoms with Gasteiger partial charge < -0.3 is 15.3 Å². The van der Waals surface area contributed by atoms with Crippen LogP contribution in [0.4, 0.5) is 10.5 Å². The molecule has 0 heterocycles. The molecule has 5 nitrogen and oxygen atoms in total. The zero-order valence-electron chi connectivity index (χ0n) is 12.3. The van der Waals surface area contributed by atoms with Gasteiger partial charge in [-0.15, -0.1) is 0 Å². The number of carboxylic acids is 1. The van der Waals surface area contributed by atoms with Crippen LogP contribution in [-0.4, -0.2) is 35.6 Å². The van der Waals surface area contributed by atoms with Crippen LogP contribution in [0.3, 0.4) is 0 Å². The van der Waals surface area contributed by atoms with Gasteiger partial charge in [0.1, 0.15) is 0 Å². The van der Waals surface area contributed by atoms with Crippen molar-refractivity contribution in [3.8, 4) is 0 Å². The van der Waals surface area contributed by atoms with E-state index in [1.807, 2.05) is 0 Å². The number of carbonyl (C=O) groups excluding carboxylic acids is 1. The summed E-state index contributed by atoms with van der Waals surface area (Å²) in [4.78, 5) is 24.5. The summed E-state index contributed by atoms with van der Waals surface area (Å²) in [5.74, 6) is -0.268. The highest BCUT2D eigenvalue weighted by Crippen LogP contribution is 2.25. The quantitative estimate of drug-likeness (QED) is 0.876. The molecule has 0 aliphatic heterocycles. The van der Waals surface area contributed by atoms with E-state index in [2.05, 4.69) is 5.32 Å². The second-order valence-electron chi connectivity index (χ2n) is 5.73. The summed E-state index contributed by atoms with van der Waals surface area (Å²) in [6.07, 6.45) is 4.88.